The van der Waals surface area contributed by atoms with E-state index in [-0.39, 0.29) is 19.0 Å². The van der Waals surface area contributed by atoms with Crippen molar-refractivity contribution in [2.45, 2.75) is 0 Å². The summed E-state index contributed by atoms with van der Waals surface area (Å²) in [6.45, 7) is -0.195. The van der Waals surface area contributed by atoms with E-state index < -0.39 is 11.8 Å². The lowest BCUT2D eigenvalue weighted by atomic mass is 10.2. The van der Waals surface area contributed by atoms with Gasteiger partial charge in [0.15, 0.2) is 0 Å². The van der Waals surface area contributed by atoms with Gasteiger partial charge in [-0.25, -0.2) is 0 Å². The van der Waals surface area contributed by atoms with Gasteiger partial charge in [0.1, 0.15) is 18.8 Å². The number of hydrogen-bond donors (Lipinski definition) is 2. The third-order valence-corrected chi connectivity index (χ3v) is 3.00. The molecule has 19 heavy (non-hydrogen) atoms. The summed E-state index contributed by atoms with van der Waals surface area (Å²) in [5.74, 6) is -1.26. The highest BCUT2D eigenvalue weighted by Gasteiger charge is 2.27. The third kappa shape index (κ3) is 2.08. The van der Waals surface area contributed by atoms with Gasteiger partial charge in [0.25, 0.3) is 5.91 Å². The number of rotatable bonds is 1. The molecule has 3 amide bonds. The molecule has 0 aliphatic carbocycles. The van der Waals surface area contributed by atoms with Crippen molar-refractivity contribution in [3.63, 3.8) is 0 Å². The second-order valence-corrected chi connectivity index (χ2v) is 4.40. The van der Waals surface area contributed by atoms with Gasteiger partial charge in [-0.1, -0.05) is 18.2 Å². The third-order valence-electron chi connectivity index (χ3n) is 3.00. The molecule has 1 aromatic carbocycles. The summed E-state index contributed by atoms with van der Waals surface area (Å²) in [7, 11) is 0. The van der Waals surface area contributed by atoms with Crippen molar-refractivity contribution < 1.29 is 14.4 Å². The van der Waals surface area contributed by atoms with Crippen LogP contribution >= 0.6 is 0 Å². The van der Waals surface area contributed by atoms with E-state index in [1.165, 1.54) is 4.90 Å². The summed E-state index contributed by atoms with van der Waals surface area (Å²) in [4.78, 5) is 39.0. The van der Waals surface area contributed by atoms with Gasteiger partial charge in [-0.05, 0) is 12.1 Å². The van der Waals surface area contributed by atoms with Crippen molar-refractivity contribution in [3.8, 4) is 0 Å². The van der Waals surface area contributed by atoms with E-state index in [0.29, 0.717) is 5.69 Å². The number of aromatic nitrogens is 1. The van der Waals surface area contributed by atoms with Crippen molar-refractivity contribution in [3.05, 3.63) is 36.0 Å². The van der Waals surface area contributed by atoms with Crippen LogP contribution in [-0.2, 0) is 9.59 Å². The molecule has 0 radical (unpaired) electrons. The van der Waals surface area contributed by atoms with Crippen LogP contribution in [0.3, 0.4) is 0 Å². The Morgan fingerprint density at radius 1 is 1.11 bits per heavy atom. The Bertz CT molecular complexity index is 640. The van der Waals surface area contributed by atoms with Gasteiger partial charge in [-0.2, -0.15) is 0 Å². The Morgan fingerprint density at radius 2 is 1.79 bits per heavy atom. The van der Waals surface area contributed by atoms with Gasteiger partial charge >= 0.3 is 0 Å². The predicted octanol–water partition coefficient (Wildman–Crippen LogP) is 0.267. The molecule has 1 saturated heterocycles. The maximum absolute atomic E-state index is 12.2. The molecule has 0 unspecified atom stereocenters. The molecule has 0 saturated carbocycles. The number of benzene rings is 1. The van der Waals surface area contributed by atoms with E-state index in [0.717, 1.165) is 10.9 Å². The standard InChI is InChI=1S/C13H11N3O3/c17-11-6-16(7-12(18)15-11)13(19)10-5-8-3-1-2-4-9(8)14-10/h1-5,14H,6-7H2,(H,15,17,18). The molecule has 1 aliphatic heterocycles. The zero-order valence-corrected chi connectivity index (χ0v) is 9.97. The molecule has 1 fully saturated rings. The number of para-hydroxylation sites is 1. The SMILES string of the molecule is O=C1CN(C(=O)c2cc3ccccc3[nH]2)CC(=O)N1. The number of piperazine rings is 1. The van der Waals surface area contributed by atoms with Crippen molar-refractivity contribution in [2.24, 2.45) is 0 Å². The Balaban J connectivity index is 1.90. The molecular formula is C13H11N3O3. The minimum absolute atomic E-state index is 0.0973. The lowest BCUT2D eigenvalue weighted by Gasteiger charge is -2.24. The van der Waals surface area contributed by atoms with Crippen LogP contribution in [0.1, 0.15) is 10.5 Å². The molecule has 2 aromatic rings. The number of aromatic amines is 1. The molecule has 0 atom stereocenters. The summed E-state index contributed by atoms with van der Waals surface area (Å²) in [5, 5.41) is 3.08. The van der Waals surface area contributed by atoms with Gasteiger partial charge in [0.05, 0.1) is 0 Å². The van der Waals surface area contributed by atoms with Gasteiger partial charge in [0, 0.05) is 10.9 Å². The molecule has 1 aromatic heterocycles. The predicted molar refractivity (Wildman–Crippen MR) is 67.4 cm³/mol. The highest BCUT2D eigenvalue weighted by molar-refractivity contribution is 6.06. The molecule has 0 bridgehead atoms. The molecular weight excluding hydrogens is 246 g/mol. The largest absolute Gasteiger partial charge is 0.351 e. The van der Waals surface area contributed by atoms with E-state index >= 15 is 0 Å². The normalized spacial score (nSPS) is 15.7. The number of imide groups is 1. The summed E-state index contributed by atoms with van der Waals surface area (Å²) >= 11 is 0. The van der Waals surface area contributed by atoms with Crippen LogP contribution in [0.15, 0.2) is 30.3 Å². The van der Waals surface area contributed by atoms with E-state index in [1.54, 1.807) is 6.07 Å². The number of hydrogen-bond acceptors (Lipinski definition) is 3. The molecule has 6 heteroatoms. The summed E-state index contributed by atoms with van der Waals surface area (Å²) < 4.78 is 0. The number of carbonyl (C=O) groups excluding carboxylic acids is 3. The van der Waals surface area contributed by atoms with Crippen LogP contribution in [-0.4, -0.2) is 40.7 Å². The van der Waals surface area contributed by atoms with E-state index in [4.69, 9.17) is 0 Å². The zero-order valence-electron chi connectivity index (χ0n) is 9.97. The molecule has 6 nitrogen and oxygen atoms in total. The second-order valence-electron chi connectivity index (χ2n) is 4.40. The highest BCUT2D eigenvalue weighted by atomic mass is 16.2. The minimum Gasteiger partial charge on any atom is -0.351 e. The summed E-state index contributed by atoms with van der Waals surface area (Å²) in [6, 6.07) is 9.21. The van der Waals surface area contributed by atoms with Crippen LogP contribution in [0.25, 0.3) is 10.9 Å². The number of nitrogens with zero attached hydrogens (tertiary/aromatic N) is 1. The van der Waals surface area contributed by atoms with Crippen molar-refractivity contribution in [1.29, 1.82) is 0 Å². The second kappa shape index (κ2) is 4.24. The van der Waals surface area contributed by atoms with Gasteiger partial charge in [-0.15, -0.1) is 0 Å². The smallest absolute Gasteiger partial charge is 0.271 e. The van der Waals surface area contributed by atoms with Crippen LogP contribution in [0.5, 0.6) is 0 Å². The van der Waals surface area contributed by atoms with Gasteiger partial charge in [0.2, 0.25) is 11.8 Å². The summed E-state index contributed by atoms with van der Waals surface area (Å²) in [5.41, 5.74) is 1.22. The van der Waals surface area contributed by atoms with Gasteiger partial charge < -0.3 is 9.88 Å². The molecule has 3 rings (SSSR count). The fourth-order valence-electron chi connectivity index (χ4n) is 2.14. The average molecular weight is 257 g/mol. The first kappa shape index (κ1) is 11.5. The topological polar surface area (TPSA) is 82.3 Å². The van der Waals surface area contributed by atoms with Crippen LogP contribution in [0.2, 0.25) is 0 Å². The van der Waals surface area contributed by atoms with Crippen molar-refractivity contribution >= 4 is 28.6 Å². The van der Waals surface area contributed by atoms with Crippen LogP contribution < -0.4 is 5.32 Å². The Labute approximate surface area is 108 Å². The monoisotopic (exact) mass is 257 g/mol. The molecule has 1 aliphatic rings. The van der Waals surface area contributed by atoms with Crippen molar-refractivity contribution in [2.75, 3.05) is 13.1 Å². The number of carbonyl (C=O) groups is 3. The van der Waals surface area contributed by atoms with Gasteiger partial charge in [-0.3, -0.25) is 19.7 Å². The Hall–Kier alpha value is -2.63. The number of H-pyrrole nitrogens is 1. The Kier molecular flexibility index (Phi) is 2.56. The fourth-order valence-corrected chi connectivity index (χ4v) is 2.14. The maximum Gasteiger partial charge on any atom is 0.271 e. The fraction of sp³-hybridized carbons (Fsp3) is 0.154. The molecule has 2 heterocycles. The number of fused-ring (bicyclic) bond motifs is 1. The van der Waals surface area contributed by atoms with E-state index in [1.807, 2.05) is 24.3 Å². The van der Waals surface area contributed by atoms with Crippen molar-refractivity contribution in [1.82, 2.24) is 15.2 Å². The lowest BCUT2D eigenvalue weighted by Crippen LogP contribution is -2.53. The zero-order chi connectivity index (χ0) is 13.4. The quantitative estimate of drug-likeness (QED) is 0.719. The number of amides is 3. The van der Waals surface area contributed by atoms with Crippen LogP contribution in [0.4, 0.5) is 0 Å². The molecule has 2 N–H and O–H groups in total. The first-order valence-electron chi connectivity index (χ1n) is 5.83. The first-order chi connectivity index (χ1) is 9.13. The first-order valence-corrected chi connectivity index (χ1v) is 5.83. The lowest BCUT2D eigenvalue weighted by molar-refractivity contribution is -0.135. The highest BCUT2D eigenvalue weighted by Crippen LogP contribution is 2.16. The molecule has 96 valence electrons. The maximum atomic E-state index is 12.2. The number of nitrogens with one attached hydrogen (secondary N) is 2. The van der Waals surface area contributed by atoms with Crippen LogP contribution in [0, 0.1) is 0 Å². The van der Waals surface area contributed by atoms with E-state index in [9.17, 15) is 14.4 Å². The average Bonchev–Trinajstić information content (AvgIpc) is 2.80. The summed E-state index contributed by atoms with van der Waals surface area (Å²) in [6.07, 6.45) is 0. The minimum atomic E-state index is -0.458. The van der Waals surface area contributed by atoms with E-state index in [2.05, 4.69) is 10.3 Å². The molecule has 0 spiro atoms. The Morgan fingerprint density at radius 3 is 2.47 bits per heavy atom.